The predicted molar refractivity (Wildman–Crippen MR) is 110 cm³/mol. The van der Waals surface area contributed by atoms with Gasteiger partial charge in [0, 0.05) is 19.6 Å². The van der Waals surface area contributed by atoms with Crippen LogP contribution >= 0.6 is 0 Å². The molecule has 0 atom stereocenters. The minimum atomic E-state index is -3.71. The first-order chi connectivity index (χ1) is 14.0. The van der Waals surface area contributed by atoms with Crippen molar-refractivity contribution < 1.29 is 13.2 Å². The molecule has 1 aliphatic heterocycles. The van der Waals surface area contributed by atoms with Crippen LogP contribution in [0.25, 0.3) is 11.0 Å². The van der Waals surface area contributed by atoms with E-state index in [2.05, 4.69) is 24.7 Å². The Morgan fingerprint density at radius 1 is 1.21 bits per heavy atom. The fourth-order valence-electron chi connectivity index (χ4n) is 3.58. The third-order valence-electron chi connectivity index (χ3n) is 5.04. The largest absolute Gasteiger partial charge is 0.495 e. The Morgan fingerprint density at radius 3 is 2.76 bits per heavy atom. The van der Waals surface area contributed by atoms with E-state index in [1.165, 1.54) is 13.4 Å². The SMILES string of the molecule is COc1ccc(C)cc1S(=O)(=O)NCCn1ncc2c(N3CCCC3)ncnc21. The highest BCUT2D eigenvalue weighted by Gasteiger charge is 2.21. The summed E-state index contributed by atoms with van der Waals surface area (Å²) in [6.07, 6.45) is 5.60. The summed E-state index contributed by atoms with van der Waals surface area (Å²) >= 11 is 0. The van der Waals surface area contributed by atoms with Crippen molar-refractivity contribution in [3.63, 3.8) is 0 Å². The number of nitrogens with zero attached hydrogens (tertiary/aromatic N) is 5. The number of ether oxygens (including phenoxy) is 1. The average molecular weight is 417 g/mol. The molecule has 154 valence electrons. The van der Waals surface area contributed by atoms with Crippen molar-refractivity contribution in [2.24, 2.45) is 0 Å². The highest BCUT2D eigenvalue weighted by Crippen LogP contribution is 2.26. The molecule has 1 fully saturated rings. The fraction of sp³-hybridized carbons (Fsp3) is 0.421. The van der Waals surface area contributed by atoms with Crippen LogP contribution in [0.4, 0.5) is 5.82 Å². The van der Waals surface area contributed by atoms with E-state index >= 15 is 0 Å². The van der Waals surface area contributed by atoms with Gasteiger partial charge in [-0.15, -0.1) is 0 Å². The second-order valence-electron chi connectivity index (χ2n) is 7.05. The third kappa shape index (κ3) is 3.90. The molecule has 0 radical (unpaired) electrons. The number of nitrogens with one attached hydrogen (secondary N) is 1. The first kappa shape index (κ1) is 19.6. The number of anilines is 1. The number of fused-ring (bicyclic) bond motifs is 1. The molecule has 1 saturated heterocycles. The van der Waals surface area contributed by atoms with Gasteiger partial charge in [0.15, 0.2) is 5.65 Å². The molecule has 9 nitrogen and oxygen atoms in total. The average Bonchev–Trinajstić information content (AvgIpc) is 3.38. The lowest BCUT2D eigenvalue weighted by Crippen LogP contribution is -2.28. The summed E-state index contributed by atoms with van der Waals surface area (Å²) in [5.41, 5.74) is 1.55. The van der Waals surface area contributed by atoms with Crippen molar-refractivity contribution in [1.82, 2.24) is 24.5 Å². The number of methoxy groups -OCH3 is 1. The summed E-state index contributed by atoms with van der Waals surface area (Å²) in [4.78, 5) is 11.1. The molecule has 0 amide bonds. The van der Waals surface area contributed by atoms with Crippen LogP contribution in [0.15, 0.2) is 35.6 Å². The second kappa shape index (κ2) is 7.96. The number of hydrogen-bond donors (Lipinski definition) is 1. The van der Waals surface area contributed by atoms with E-state index in [1.54, 1.807) is 23.0 Å². The Hall–Kier alpha value is -2.72. The van der Waals surface area contributed by atoms with E-state index in [4.69, 9.17) is 4.74 Å². The summed E-state index contributed by atoms with van der Waals surface area (Å²) in [5, 5.41) is 5.28. The topological polar surface area (TPSA) is 102 Å². The van der Waals surface area contributed by atoms with Crippen LogP contribution in [-0.4, -0.2) is 54.9 Å². The molecule has 4 rings (SSSR count). The van der Waals surface area contributed by atoms with E-state index < -0.39 is 10.0 Å². The monoisotopic (exact) mass is 416 g/mol. The molecule has 0 aliphatic carbocycles. The molecular formula is C19H24N6O3S. The smallest absolute Gasteiger partial charge is 0.244 e. The van der Waals surface area contributed by atoms with Crippen molar-refractivity contribution in [3.8, 4) is 5.75 Å². The number of sulfonamides is 1. The molecule has 0 spiro atoms. The van der Waals surface area contributed by atoms with Gasteiger partial charge in [-0.25, -0.2) is 27.8 Å². The second-order valence-corrected chi connectivity index (χ2v) is 8.78. The van der Waals surface area contributed by atoms with Crippen LogP contribution in [0.5, 0.6) is 5.75 Å². The van der Waals surface area contributed by atoms with Gasteiger partial charge >= 0.3 is 0 Å². The Labute approximate surface area is 169 Å². The van der Waals surface area contributed by atoms with Crippen LogP contribution < -0.4 is 14.4 Å². The Balaban J connectivity index is 1.50. The fourth-order valence-corrected chi connectivity index (χ4v) is 4.86. The normalized spacial score (nSPS) is 14.6. The van der Waals surface area contributed by atoms with Gasteiger partial charge in [0.05, 0.1) is 25.2 Å². The van der Waals surface area contributed by atoms with Gasteiger partial charge < -0.3 is 9.64 Å². The van der Waals surface area contributed by atoms with E-state index in [0.29, 0.717) is 17.9 Å². The summed E-state index contributed by atoms with van der Waals surface area (Å²) in [5.74, 6) is 1.21. The third-order valence-corrected chi connectivity index (χ3v) is 6.52. The predicted octanol–water partition coefficient (Wildman–Crippen LogP) is 1.72. The summed E-state index contributed by atoms with van der Waals surface area (Å²) in [7, 11) is -2.25. The highest BCUT2D eigenvalue weighted by molar-refractivity contribution is 7.89. The number of benzene rings is 1. The first-order valence-electron chi connectivity index (χ1n) is 9.55. The zero-order valence-electron chi connectivity index (χ0n) is 16.5. The molecule has 3 aromatic rings. The Morgan fingerprint density at radius 2 is 2.00 bits per heavy atom. The van der Waals surface area contributed by atoms with Gasteiger partial charge in [-0.3, -0.25) is 0 Å². The van der Waals surface area contributed by atoms with Gasteiger partial charge in [-0.1, -0.05) is 6.07 Å². The van der Waals surface area contributed by atoms with Crippen molar-refractivity contribution >= 4 is 26.9 Å². The van der Waals surface area contributed by atoms with Crippen molar-refractivity contribution in [2.45, 2.75) is 31.2 Å². The highest BCUT2D eigenvalue weighted by atomic mass is 32.2. The van der Waals surface area contributed by atoms with Gasteiger partial charge in [0.1, 0.15) is 22.8 Å². The molecule has 1 aromatic carbocycles. The lowest BCUT2D eigenvalue weighted by Gasteiger charge is -2.16. The maximum Gasteiger partial charge on any atom is 0.244 e. The molecule has 0 saturated carbocycles. The summed E-state index contributed by atoms with van der Waals surface area (Å²) < 4.78 is 35.0. The van der Waals surface area contributed by atoms with E-state index in [1.807, 2.05) is 13.0 Å². The summed E-state index contributed by atoms with van der Waals surface area (Å²) in [6, 6.07) is 5.06. The van der Waals surface area contributed by atoms with Gasteiger partial charge in [-0.2, -0.15) is 5.10 Å². The maximum atomic E-state index is 12.7. The maximum absolute atomic E-state index is 12.7. The molecular weight excluding hydrogens is 392 g/mol. The van der Waals surface area contributed by atoms with Crippen LogP contribution in [0.3, 0.4) is 0 Å². The molecule has 1 N–H and O–H groups in total. The van der Waals surface area contributed by atoms with Crippen molar-refractivity contribution in [3.05, 3.63) is 36.3 Å². The Bertz CT molecular complexity index is 1120. The minimum Gasteiger partial charge on any atom is -0.495 e. The molecule has 10 heteroatoms. The molecule has 0 unspecified atom stereocenters. The zero-order valence-corrected chi connectivity index (χ0v) is 17.3. The number of aryl methyl sites for hydroxylation is 1. The molecule has 3 heterocycles. The van der Waals surface area contributed by atoms with Crippen LogP contribution in [-0.2, 0) is 16.6 Å². The van der Waals surface area contributed by atoms with Gasteiger partial charge in [0.2, 0.25) is 10.0 Å². The quantitative estimate of drug-likeness (QED) is 0.626. The minimum absolute atomic E-state index is 0.129. The number of hydrogen-bond acceptors (Lipinski definition) is 7. The molecule has 29 heavy (non-hydrogen) atoms. The van der Waals surface area contributed by atoms with E-state index in [9.17, 15) is 8.42 Å². The van der Waals surface area contributed by atoms with Crippen molar-refractivity contribution in [1.29, 1.82) is 0 Å². The lowest BCUT2D eigenvalue weighted by molar-refractivity contribution is 0.402. The number of aromatic nitrogens is 4. The Kier molecular flexibility index (Phi) is 5.37. The van der Waals surface area contributed by atoms with E-state index in [-0.39, 0.29) is 11.4 Å². The van der Waals surface area contributed by atoms with Gasteiger partial charge in [-0.05, 0) is 37.5 Å². The lowest BCUT2D eigenvalue weighted by atomic mass is 10.2. The standard InChI is InChI=1S/C19H24N6O3S/c1-14-5-6-16(28-2)17(11-14)29(26,27)23-7-10-25-19-15(12-22-25)18(20-13-21-19)24-8-3-4-9-24/h5-6,11-13,23H,3-4,7-10H2,1-2H3. The van der Waals surface area contributed by atoms with Crippen molar-refractivity contribution in [2.75, 3.05) is 31.6 Å². The summed E-state index contributed by atoms with van der Waals surface area (Å²) in [6.45, 7) is 4.34. The zero-order chi connectivity index (χ0) is 20.4. The number of rotatable bonds is 7. The van der Waals surface area contributed by atoms with Crippen LogP contribution in [0, 0.1) is 6.92 Å². The molecule has 1 aliphatic rings. The van der Waals surface area contributed by atoms with Gasteiger partial charge in [0.25, 0.3) is 0 Å². The molecule has 2 aromatic heterocycles. The van der Waals surface area contributed by atoms with Crippen LogP contribution in [0.2, 0.25) is 0 Å². The molecule has 0 bridgehead atoms. The van der Waals surface area contributed by atoms with E-state index in [0.717, 1.165) is 42.7 Å². The van der Waals surface area contributed by atoms with Crippen LogP contribution in [0.1, 0.15) is 18.4 Å². The first-order valence-corrected chi connectivity index (χ1v) is 11.0.